The highest BCUT2D eigenvalue weighted by molar-refractivity contribution is 6.30. The second kappa shape index (κ2) is 5.97. The van der Waals surface area contributed by atoms with Crippen molar-refractivity contribution in [3.8, 4) is 5.75 Å². The molecule has 0 saturated heterocycles. The van der Waals surface area contributed by atoms with Gasteiger partial charge in [-0.3, -0.25) is 4.79 Å². The zero-order valence-electron chi connectivity index (χ0n) is 11.3. The first-order valence-electron chi connectivity index (χ1n) is 6.53. The van der Waals surface area contributed by atoms with Crippen LogP contribution in [-0.2, 0) is 4.79 Å². The van der Waals surface area contributed by atoms with Crippen LogP contribution in [0.1, 0.15) is 19.8 Å². The minimum Gasteiger partial charge on any atom is -0.484 e. The lowest BCUT2D eigenvalue weighted by atomic mass is 9.96. The van der Waals surface area contributed by atoms with Crippen LogP contribution in [0.15, 0.2) is 18.2 Å². The largest absolute Gasteiger partial charge is 0.484 e. The highest BCUT2D eigenvalue weighted by Gasteiger charge is 2.41. The molecular formula is C14H18ClFN2O2. The number of rotatable bonds is 6. The minimum atomic E-state index is -0.520. The van der Waals surface area contributed by atoms with Crippen LogP contribution >= 0.6 is 11.6 Å². The normalized spacial score (nSPS) is 17.4. The maximum absolute atomic E-state index is 13.0. The minimum absolute atomic E-state index is 0.0346. The van der Waals surface area contributed by atoms with Crippen molar-refractivity contribution in [3.63, 3.8) is 0 Å². The van der Waals surface area contributed by atoms with Gasteiger partial charge in [-0.05, 0) is 37.8 Å². The summed E-state index contributed by atoms with van der Waals surface area (Å²) in [5.41, 5.74) is 5.35. The Labute approximate surface area is 122 Å². The maximum Gasteiger partial charge on any atom is 0.258 e. The number of halogens is 2. The Morgan fingerprint density at radius 1 is 1.60 bits per heavy atom. The summed E-state index contributed by atoms with van der Waals surface area (Å²) in [6, 6.07) is 3.97. The Morgan fingerprint density at radius 3 is 2.85 bits per heavy atom. The first-order valence-corrected chi connectivity index (χ1v) is 6.91. The van der Waals surface area contributed by atoms with Gasteiger partial charge in [-0.2, -0.15) is 0 Å². The van der Waals surface area contributed by atoms with E-state index in [9.17, 15) is 9.18 Å². The van der Waals surface area contributed by atoms with E-state index in [2.05, 4.69) is 5.32 Å². The van der Waals surface area contributed by atoms with Gasteiger partial charge in [0.2, 0.25) is 0 Å². The van der Waals surface area contributed by atoms with Gasteiger partial charge in [-0.1, -0.05) is 11.6 Å². The van der Waals surface area contributed by atoms with Crippen LogP contribution in [0.25, 0.3) is 0 Å². The van der Waals surface area contributed by atoms with Crippen molar-refractivity contribution in [2.24, 2.45) is 11.7 Å². The van der Waals surface area contributed by atoms with E-state index >= 15 is 0 Å². The van der Waals surface area contributed by atoms with Gasteiger partial charge in [-0.25, -0.2) is 4.39 Å². The van der Waals surface area contributed by atoms with Gasteiger partial charge in [0, 0.05) is 12.6 Å². The molecule has 1 aliphatic rings. The zero-order chi connectivity index (χ0) is 14.8. The van der Waals surface area contributed by atoms with Crippen LogP contribution in [0.3, 0.4) is 0 Å². The fourth-order valence-electron chi connectivity index (χ4n) is 2.11. The summed E-state index contributed by atoms with van der Waals surface area (Å²) >= 11 is 5.64. The molecule has 0 aliphatic heterocycles. The van der Waals surface area contributed by atoms with Gasteiger partial charge >= 0.3 is 0 Å². The molecule has 0 bridgehead atoms. The van der Waals surface area contributed by atoms with E-state index in [1.807, 2.05) is 6.92 Å². The number of amides is 1. The molecule has 1 atom stereocenters. The van der Waals surface area contributed by atoms with Crippen molar-refractivity contribution in [2.75, 3.05) is 13.2 Å². The van der Waals surface area contributed by atoms with Crippen LogP contribution in [0, 0.1) is 11.7 Å². The van der Waals surface area contributed by atoms with Crippen molar-refractivity contribution in [2.45, 2.75) is 25.3 Å². The number of hydrogen-bond acceptors (Lipinski definition) is 3. The molecule has 0 heterocycles. The molecular weight excluding hydrogens is 283 g/mol. The number of nitrogens with two attached hydrogens (primary N) is 1. The van der Waals surface area contributed by atoms with Crippen molar-refractivity contribution in [3.05, 3.63) is 29.0 Å². The van der Waals surface area contributed by atoms with Crippen LogP contribution in [0.4, 0.5) is 4.39 Å². The molecule has 1 aliphatic carbocycles. The molecule has 1 fully saturated rings. The maximum atomic E-state index is 13.0. The van der Waals surface area contributed by atoms with Crippen molar-refractivity contribution < 1.29 is 13.9 Å². The lowest BCUT2D eigenvalue weighted by molar-refractivity contribution is -0.125. The van der Waals surface area contributed by atoms with Gasteiger partial charge in [0.05, 0.1) is 10.6 Å². The van der Waals surface area contributed by atoms with E-state index in [0.29, 0.717) is 18.2 Å². The molecule has 1 aromatic carbocycles. The van der Waals surface area contributed by atoms with Gasteiger partial charge in [0.15, 0.2) is 6.61 Å². The zero-order valence-corrected chi connectivity index (χ0v) is 12.0. The molecule has 0 aromatic heterocycles. The average Bonchev–Trinajstić information content (AvgIpc) is 3.25. The smallest absolute Gasteiger partial charge is 0.258 e. The summed E-state index contributed by atoms with van der Waals surface area (Å²) in [4.78, 5) is 11.9. The summed E-state index contributed by atoms with van der Waals surface area (Å²) in [5, 5.41) is 2.87. The van der Waals surface area contributed by atoms with Gasteiger partial charge in [-0.15, -0.1) is 0 Å². The highest BCUT2D eigenvalue weighted by Crippen LogP contribution is 2.38. The lowest BCUT2D eigenvalue weighted by Crippen LogP contribution is -2.54. The average molecular weight is 301 g/mol. The standard InChI is InChI=1S/C14H18ClFN2O2/c1-14(8-17,9-2-3-9)18-13(19)7-20-10-4-5-12(16)11(15)6-10/h4-6,9H,2-3,7-8,17H2,1H3,(H,18,19). The quantitative estimate of drug-likeness (QED) is 0.845. The lowest BCUT2D eigenvalue weighted by Gasteiger charge is -2.29. The van der Waals surface area contributed by atoms with E-state index in [0.717, 1.165) is 12.8 Å². The second-order valence-electron chi connectivity index (χ2n) is 5.31. The molecule has 1 aromatic rings. The Kier molecular flexibility index (Phi) is 4.50. The fraction of sp³-hybridized carbons (Fsp3) is 0.500. The molecule has 1 amide bonds. The second-order valence-corrected chi connectivity index (χ2v) is 5.72. The fourth-order valence-corrected chi connectivity index (χ4v) is 2.28. The summed E-state index contributed by atoms with van der Waals surface area (Å²) in [5.74, 6) is 0.0299. The van der Waals surface area contributed by atoms with Crippen molar-refractivity contribution in [1.82, 2.24) is 5.32 Å². The summed E-state index contributed by atoms with van der Waals surface area (Å²) < 4.78 is 18.3. The number of ether oxygens (including phenoxy) is 1. The predicted molar refractivity (Wildman–Crippen MR) is 75.2 cm³/mol. The van der Waals surface area contributed by atoms with Gasteiger partial charge in [0.1, 0.15) is 11.6 Å². The van der Waals surface area contributed by atoms with Crippen LogP contribution in [-0.4, -0.2) is 24.6 Å². The molecule has 1 saturated carbocycles. The number of hydrogen-bond donors (Lipinski definition) is 2. The van der Waals surface area contributed by atoms with E-state index < -0.39 is 5.82 Å². The highest BCUT2D eigenvalue weighted by atomic mass is 35.5. The Hall–Kier alpha value is -1.33. The molecule has 6 heteroatoms. The third-order valence-corrected chi connectivity index (χ3v) is 3.88. The molecule has 3 N–H and O–H groups in total. The Bertz CT molecular complexity index is 508. The van der Waals surface area contributed by atoms with Gasteiger partial charge in [0.25, 0.3) is 5.91 Å². The Morgan fingerprint density at radius 2 is 2.30 bits per heavy atom. The number of nitrogens with one attached hydrogen (secondary N) is 1. The molecule has 1 unspecified atom stereocenters. The predicted octanol–water partition coefficient (Wildman–Crippen LogP) is 2.10. The Balaban J connectivity index is 1.87. The third kappa shape index (κ3) is 3.61. The van der Waals surface area contributed by atoms with Crippen molar-refractivity contribution in [1.29, 1.82) is 0 Å². The number of benzene rings is 1. The molecule has 0 spiro atoms. The van der Waals surface area contributed by atoms with E-state index in [1.165, 1.54) is 18.2 Å². The number of carbonyl (C=O) groups is 1. The SMILES string of the molecule is CC(CN)(NC(=O)COc1ccc(F)c(Cl)c1)C1CC1. The third-order valence-electron chi connectivity index (χ3n) is 3.59. The van der Waals surface area contributed by atoms with Crippen LogP contribution in [0.5, 0.6) is 5.75 Å². The summed E-state index contributed by atoms with van der Waals surface area (Å²) in [6.07, 6.45) is 2.17. The van der Waals surface area contributed by atoms with Crippen LogP contribution in [0.2, 0.25) is 5.02 Å². The molecule has 0 radical (unpaired) electrons. The van der Waals surface area contributed by atoms with E-state index in [-0.39, 0.29) is 23.1 Å². The van der Waals surface area contributed by atoms with Crippen LogP contribution < -0.4 is 15.8 Å². The summed E-state index contributed by atoms with van der Waals surface area (Å²) in [6.45, 7) is 2.19. The molecule has 20 heavy (non-hydrogen) atoms. The molecule has 2 rings (SSSR count). The molecule has 4 nitrogen and oxygen atoms in total. The van der Waals surface area contributed by atoms with Crippen molar-refractivity contribution >= 4 is 17.5 Å². The summed E-state index contributed by atoms with van der Waals surface area (Å²) in [7, 11) is 0. The topological polar surface area (TPSA) is 64.3 Å². The van der Waals surface area contributed by atoms with Gasteiger partial charge < -0.3 is 15.8 Å². The first kappa shape index (κ1) is 15.1. The molecule has 110 valence electrons. The first-order chi connectivity index (χ1) is 9.44. The van der Waals surface area contributed by atoms with E-state index in [1.54, 1.807) is 0 Å². The monoisotopic (exact) mass is 300 g/mol. The van der Waals surface area contributed by atoms with E-state index in [4.69, 9.17) is 22.1 Å². The number of carbonyl (C=O) groups excluding carboxylic acids is 1.